The molecule has 1 amide bonds. The van der Waals surface area contributed by atoms with Crippen molar-refractivity contribution in [3.05, 3.63) is 47.3 Å². The average Bonchev–Trinajstić information content (AvgIpc) is 3.27. The Balaban J connectivity index is 1.71. The van der Waals surface area contributed by atoms with Gasteiger partial charge in [0.15, 0.2) is 11.6 Å². The standard InChI is InChI=1S/C22H26ClN7O7S/c1-12(20(36-4)21-24-9-13(23)10-25-21)38(32,33)29-22-28-27-16(11-37-18-8-17(31)26-18)30(22)19-14(34-2)6-5-7-15(19)35-3/h5-7,9-10,12,18,20H,8,11H2,1-4H3,(H,26,31)(H,28,29). The van der Waals surface area contributed by atoms with E-state index in [1.54, 1.807) is 18.2 Å². The summed E-state index contributed by atoms with van der Waals surface area (Å²) in [6.45, 7) is 1.35. The van der Waals surface area contributed by atoms with Gasteiger partial charge in [0.1, 0.15) is 41.4 Å². The molecule has 1 fully saturated rings. The molecule has 1 aliphatic heterocycles. The fraction of sp³-hybridized carbons (Fsp3) is 0.409. The van der Waals surface area contributed by atoms with Gasteiger partial charge < -0.3 is 24.3 Å². The molecular formula is C22H26ClN7O7S. The Bertz CT molecular complexity index is 1370. The van der Waals surface area contributed by atoms with E-state index in [0.717, 1.165) is 0 Å². The summed E-state index contributed by atoms with van der Waals surface area (Å²) in [6, 6.07) is 5.07. The third-order valence-corrected chi connectivity index (χ3v) is 7.65. The van der Waals surface area contributed by atoms with Crippen LogP contribution in [0.1, 0.15) is 31.1 Å². The van der Waals surface area contributed by atoms with Crippen molar-refractivity contribution < 1.29 is 32.2 Å². The highest BCUT2D eigenvalue weighted by atomic mass is 35.5. The molecule has 1 aromatic carbocycles. The molecule has 3 heterocycles. The topological polar surface area (TPSA) is 169 Å². The highest BCUT2D eigenvalue weighted by molar-refractivity contribution is 7.93. The number of aromatic nitrogens is 5. The van der Waals surface area contributed by atoms with Gasteiger partial charge in [-0.15, -0.1) is 10.2 Å². The summed E-state index contributed by atoms with van der Waals surface area (Å²) in [6.07, 6.45) is 1.39. The Labute approximate surface area is 223 Å². The number of methoxy groups -OCH3 is 3. The number of halogens is 1. The number of hydrogen-bond acceptors (Lipinski definition) is 11. The molecule has 0 spiro atoms. The SMILES string of the molecule is COc1cccc(OC)c1-n1c(COC2CC(=O)N2)nnc1NS(=O)(=O)C(C)C(OC)c1ncc(Cl)cn1. The molecule has 0 bridgehead atoms. The Morgan fingerprint density at radius 1 is 1.16 bits per heavy atom. The quantitative estimate of drug-likeness (QED) is 0.305. The first kappa shape index (κ1) is 27.5. The molecule has 38 heavy (non-hydrogen) atoms. The maximum absolute atomic E-state index is 13.5. The predicted octanol–water partition coefficient (Wildman–Crippen LogP) is 1.61. The Morgan fingerprint density at radius 3 is 2.34 bits per heavy atom. The molecule has 14 nitrogen and oxygen atoms in total. The summed E-state index contributed by atoms with van der Waals surface area (Å²) in [5.41, 5.74) is 0.341. The number of rotatable bonds is 12. The second-order valence-corrected chi connectivity index (χ2v) is 10.6. The van der Waals surface area contributed by atoms with Crippen LogP contribution in [0.4, 0.5) is 5.95 Å². The van der Waals surface area contributed by atoms with Crippen LogP contribution in [0.3, 0.4) is 0 Å². The highest BCUT2D eigenvalue weighted by Gasteiger charge is 2.35. The van der Waals surface area contributed by atoms with Gasteiger partial charge >= 0.3 is 0 Å². The molecule has 0 saturated carbocycles. The van der Waals surface area contributed by atoms with Crippen molar-refractivity contribution in [2.45, 2.75) is 37.5 Å². The van der Waals surface area contributed by atoms with Gasteiger partial charge in [0.05, 0.1) is 25.7 Å². The number of ether oxygens (including phenoxy) is 4. The summed E-state index contributed by atoms with van der Waals surface area (Å²) in [4.78, 5) is 19.4. The second kappa shape index (κ2) is 11.5. The van der Waals surface area contributed by atoms with E-state index >= 15 is 0 Å². The lowest BCUT2D eigenvalue weighted by Crippen LogP contribution is -2.49. The molecule has 16 heteroatoms. The molecule has 204 valence electrons. The van der Waals surface area contributed by atoms with Gasteiger partial charge in [0, 0.05) is 19.5 Å². The average molecular weight is 568 g/mol. The van der Waals surface area contributed by atoms with Gasteiger partial charge in [-0.2, -0.15) is 0 Å². The maximum atomic E-state index is 13.5. The van der Waals surface area contributed by atoms with Crippen LogP contribution in [0.25, 0.3) is 5.69 Å². The largest absolute Gasteiger partial charge is 0.494 e. The fourth-order valence-electron chi connectivity index (χ4n) is 3.72. The van der Waals surface area contributed by atoms with Crippen LogP contribution < -0.4 is 19.5 Å². The second-order valence-electron chi connectivity index (χ2n) is 8.13. The molecule has 2 N–H and O–H groups in total. The molecule has 3 unspecified atom stereocenters. The van der Waals surface area contributed by atoms with Crippen LogP contribution in [-0.4, -0.2) is 71.9 Å². The minimum Gasteiger partial charge on any atom is -0.494 e. The van der Waals surface area contributed by atoms with Gasteiger partial charge in [-0.1, -0.05) is 17.7 Å². The third kappa shape index (κ3) is 5.65. The van der Waals surface area contributed by atoms with Crippen molar-refractivity contribution in [1.82, 2.24) is 30.0 Å². The molecule has 0 aliphatic carbocycles. The first-order valence-corrected chi connectivity index (χ1v) is 13.2. The molecular weight excluding hydrogens is 542 g/mol. The number of carbonyl (C=O) groups excluding carboxylic acids is 1. The number of β-lactam (4-membered cyclic amide) rings is 1. The van der Waals surface area contributed by atoms with Crippen LogP contribution in [0.5, 0.6) is 11.5 Å². The number of para-hydroxylation sites is 1. The van der Waals surface area contributed by atoms with E-state index in [4.69, 9.17) is 30.5 Å². The van der Waals surface area contributed by atoms with Crippen molar-refractivity contribution in [2.24, 2.45) is 0 Å². The van der Waals surface area contributed by atoms with E-state index in [1.165, 1.54) is 45.2 Å². The molecule has 1 aliphatic rings. The van der Waals surface area contributed by atoms with Crippen LogP contribution in [-0.2, 0) is 30.9 Å². The van der Waals surface area contributed by atoms with Crippen molar-refractivity contribution in [2.75, 3.05) is 26.1 Å². The zero-order valence-corrected chi connectivity index (χ0v) is 22.5. The van der Waals surface area contributed by atoms with Gasteiger partial charge in [0.25, 0.3) is 0 Å². The van der Waals surface area contributed by atoms with E-state index in [0.29, 0.717) is 22.2 Å². The summed E-state index contributed by atoms with van der Waals surface area (Å²) in [5.74, 6) is 0.800. The normalized spacial score (nSPS) is 16.8. The van der Waals surface area contributed by atoms with E-state index in [-0.39, 0.29) is 36.5 Å². The number of nitrogens with zero attached hydrogens (tertiary/aromatic N) is 5. The lowest BCUT2D eigenvalue weighted by Gasteiger charge is -2.26. The van der Waals surface area contributed by atoms with Gasteiger partial charge in [-0.25, -0.2) is 18.4 Å². The molecule has 3 atom stereocenters. The minimum atomic E-state index is -4.16. The van der Waals surface area contributed by atoms with Crippen molar-refractivity contribution in [3.8, 4) is 17.2 Å². The number of anilines is 1. The summed E-state index contributed by atoms with van der Waals surface area (Å²) >= 11 is 5.86. The summed E-state index contributed by atoms with van der Waals surface area (Å²) in [5, 5.41) is 9.94. The first-order chi connectivity index (χ1) is 18.2. The molecule has 4 rings (SSSR count). The summed E-state index contributed by atoms with van der Waals surface area (Å²) in [7, 11) is 0.115. The minimum absolute atomic E-state index is 0.101. The number of sulfonamides is 1. The molecule has 3 aromatic rings. The van der Waals surface area contributed by atoms with Gasteiger partial charge in [-0.3, -0.25) is 14.1 Å². The smallest absolute Gasteiger partial charge is 0.243 e. The first-order valence-electron chi connectivity index (χ1n) is 11.3. The van der Waals surface area contributed by atoms with Crippen LogP contribution in [0, 0.1) is 0 Å². The third-order valence-electron chi connectivity index (χ3n) is 5.76. The van der Waals surface area contributed by atoms with E-state index in [9.17, 15) is 13.2 Å². The van der Waals surface area contributed by atoms with Crippen molar-refractivity contribution in [3.63, 3.8) is 0 Å². The Kier molecular flexibility index (Phi) is 8.30. The summed E-state index contributed by atoms with van der Waals surface area (Å²) < 4.78 is 53.1. The molecule has 2 aromatic heterocycles. The predicted molar refractivity (Wildman–Crippen MR) is 135 cm³/mol. The monoisotopic (exact) mass is 567 g/mol. The van der Waals surface area contributed by atoms with E-state index in [1.807, 2.05) is 0 Å². The number of nitrogens with one attached hydrogen (secondary N) is 2. The van der Waals surface area contributed by atoms with Crippen LogP contribution in [0.2, 0.25) is 5.02 Å². The Morgan fingerprint density at radius 2 is 1.79 bits per heavy atom. The van der Waals surface area contributed by atoms with E-state index in [2.05, 4.69) is 30.2 Å². The van der Waals surface area contributed by atoms with Gasteiger partial charge in [-0.05, 0) is 19.1 Å². The zero-order valence-electron chi connectivity index (χ0n) is 20.9. The van der Waals surface area contributed by atoms with Crippen LogP contribution in [0.15, 0.2) is 30.6 Å². The van der Waals surface area contributed by atoms with E-state index < -0.39 is 27.6 Å². The number of benzene rings is 1. The van der Waals surface area contributed by atoms with Gasteiger partial charge in [0.2, 0.25) is 21.9 Å². The number of carbonyl (C=O) groups is 1. The number of amides is 1. The Hall–Kier alpha value is -3.53. The van der Waals surface area contributed by atoms with Crippen LogP contribution >= 0.6 is 11.6 Å². The van der Waals surface area contributed by atoms with Crippen molar-refractivity contribution in [1.29, 1.82) is 0 Å². The highest BCUT2D eigenvalue weighted by Crippen LogP contribution is 2.36. The number of hydrogen-bond donors (Lipinski definition) is 2. The molecule has 0 radical (unpaired) electrons. The zero-order chi connectivity index (χ0) is 27.4. The molecule has 1 saturated heterocycles. The van der Waals surface area contributed by atoms with Crippen molar-refractivity contribution >= 4 is 33.5 Å². The lowest BCUT2D eigenvalue weighted by atomic mass is 10.2. The fourth-order valence-corrected chi connectivity index (χ4v) is 4.95. The maximum Gasteiger partial charge on any atom is 0.243 e. The lowest BCUT2D eigenvalue weighted by molar-refractivity contribution is -0.141.